The van der Waals surface area contributed by atoms with Crippen molar-refractivity contribution in [2.45, 2.75) is 37.4 Å². The van der Waals surface area contributed by atoms with Gasteiger partial charge in [-0.25, -0.2) is 23.6 Å². The number of nitrogens with zero attached hydrogens (tertiary/aromatic N) is 2. The summed E-state index contributed by atoms with van der Waals surface area (Å²) < 4.78 is 81.3. The molecule has 1 aromatic heterocycles. The van der Waals surface area contributed by atoms with Gasteiger partial charge in [-0.1, -0.05) is 12.1 Å². The van der Waals surface area contributed by atoms with Crippen molar-refractivity contribution in [3.8, 4) is 5.75 Å². The molecule has 3 unspecified atom stereocenters. The van der Waals surface area contributed by atoms with E-state index >= 15 is 0 Å². The SMILES string of the molecule is CC(O)(CF)C(NC(=O)C1=CC(c2ccc(OC(F)(F)F)cc2)NN(c2cccnc2)C1=O)C(F)F. The van der Waals surface area contributed by atoms with Gasteiger partial charge in [0.05, 0.1) is 17.9 Å². The summed E-state index contributed by atoms with van der Waals surface area (Å²) in [5, 5.41) is 12.6. The Labute approximate surface area is 200 Å². The number of ether oxygens (including phenoxy) is 1. The van der Waals surface area contributed by atoms with Gasteiger partial charge in [0.25, 0.3) is 18.2 Å². The van der Waals surface area contributed by atoms with Gasteiger partial charge in [-0.15, -0.1) is 13.2 Å². The molecule has 194 valence electrons. The van der Waals surface area contributed by atoms with Crippen LogP contribution in [0.5, 0.6) is 5.75 Å². The van der Waals surface area contributed by atoms with Crippen molar-refractivity contribution in [2.75, 3.05) is 11.7 Å². The normalized spacial score (nSPS) is 18.9. The fourth-order valence-electron chi connectivity index (χ4n) is 3.28. The molecule has 3 atom stereocenters. The van der Waals surface area contributed by atoms with E-state index in [4.69, 9.17) is 0 Å². The summed E-state index contributed by atoms with van der Waals surface area (Å²) in [5.41, 5.74) is -0.0635. The molecular weight excluding hydrogens is 498 g/mol. The lowest BCUT2D eigenvalue weighted by atomic mass is 9.96. The van der Waals surface area contributed by atoms with Crippen LogP contribution in [0, 0.1) is 0 Å². The van der Waals surface area contributed by atoms with E-state index in [1.807, 2.05) is 0 Å². The second-order valence-corrected chi connectivity index (χ2v) is 7.93. The third-order valence-corrected chi connectivity index (χ3v) is 5.14. The van der Waals surface area contributed by atoms with Gasteiger partial charge in [0, 0.05) is 6.20 Å². The van der Waals surface area contributed by atoms with Crippen LogP contribution in [0.2, 0.25) is 0 Å². The molecule has 3 N–H and O–H groups in total. The van der Waals surface area contributed by atoms with Crippen LogP contribution in [0.25, 0.3) is 0 Å². The van der Waals surface area contributed by atoms with Crippen molar-refractivity contribution < 1.29 is 45.8 Å². The number of hydrogen-bond donors (Lipinski definition) is 3. The zero-order valence-electron chi connectivity index (χ0n) is 18.5. The van der Waals surface area contributed by atoms with Crippen molar-refractivity contribution in [1.29, 1.82) is 0 Å². The summed E-state index contributed by atoms with van der Waals surface area (Å²) >= 11 is 0. The number of aliphatic hydroxyl groups is 1. The smallest absolute Gasteiger partial charge is 0.406 e. The van der Waals surface area contributed by atoms with Crippen molar-refractivity contribution in [2.24, 2.45) is 0 Å². The van der Waals surface area contributed by atoms with Gasteiger partial charge in [-0.2, -0.15) is 0 Å². The fourth-order valence-corrected chi connectivity index (χ4v) is 3.28. The molecule has 0 fully saturated rings. The molecular formula is C22H20F6N4O4. The lowest BCUT2D eigenvalue weighted by molar-refractivity contribution is -0.274. The summed E-state index contributed by atoms with van der Waals surface area (Å²) in [7, 11) is 0. The number of amides is 2. The molecule has 0 aliphatic carbocycles. The van der Waals surface area contributed by atoms with E-state index in [-0.39, 0.29) is 11.3 Å². The lowest BCUT2D eigenvalue weighted by Gasteiger charge is -2.34. The molecule has 0 spiro atoms. The zero-order valence-corrected chi connectivity index (χ0v) is 18.5. The molecule has 0 saturated heterocycles. The highest BCUT2D eigenvalue weighted by atomic mass is 19.4. The molecule has 0 saturated carbocycles. The average Bonchev–Trinajstić information content (AvgIpc) is 2.82. The van der Waals surface area contributed by atoms with Gasteiger partial charge >= 0.3 is 6.36 Å². The van der Waals surface area contributed by atoms with E-state index in [1.54, 1.807) is 5.32 Å². The maximum Gasteiger partial charge on any atom is 0.573 e. The third-order valence-electron chi connectivity index (χ3n) is 5.14. The molecule has 2 amide bonds. The Morgan fingerprint density at radius 2 is 1.92 bits per heavy atom. The second kappa shape index (κ2) is 10.5. The largest absolute Gasteiger partial charge is 0.573 e. The predicted molar refractivity (Wildman–Crippen MR) is 113 cm³/mol. The Morgan fingerprint density at radius 1 is 1.25 bits per heavy atom. The Balaban J connectivity index is 1.97. The second-order valence-electron chi connectivity index (χ2n) is 7.93. The van der Waals surface area contributed by atoms with Crippen LogP contribution < -0.4 is 20.5 Å². The van der Waals surface area contributed by atoms with Crippen LogP contribution in [0.1, 0.15) is 18.5 Å². The van der Waals surface area contributed by atoms with E-state index in [0.717, 1.165) is 30.1 Å². The van der Waals surface area contributed by atoms with Crippen molar-refractivity contribution in [1.82, 2.24) is 15.7 Å². The molecule has 0 bridgehead atoms. The first-order valence-electron chi connectivity index (χ1n) is 10.3. The molecule has 36 heavy (non-hydrogen) atoms. The fraction of sp³-hybridized carbons (Fsp3) is 0.318. The Hall–Kier alpha value is -3.65. The van der Waals surface area contributed by atoms with Gasteiger partial charge in [-0.05, 0) is 42.8 Å². The van der Waals surface area contributed by atoms with E-state index in [2.05, 4.69) is 15.1 Å². The summed E-state index contributed by atoms with van der Waals surface area (Å²) in [4.78, 5) is 29.8. The number of pyridine rings is 1. The molecule has 1 aliphatic rings. The maximum atomic E-state index is 13.5. The number of halogens is 6. The summed E-state index contributed by atoms with van der Waals surface area (Å²) in [6.07, 6.45) is -4.55. The van der Waals surface area contributed by atoms with Gasteiger partial charge < -0.3 is 15.2 Å². The number of hydrazine groups is 1. The van der Waals surface area contributed by atoms with Crippen molar-refractivity contribution in [3.05, 3.63) is 66.0 Å². The minimum absolute atomic E-state index is 0.157. The van der Waals surface area contributed by atoms with Crippen LogP contribution in [0.15, 0.2) is 60.4 Å². The quantitative estimate of drug-likeness (QED) is 0.367. The molecule has 2 aromatic rings. The molecule has 0 radical (unpaired) electrons. The highest BCUT2D eigenvalue weighted by Crippen LogP contribution is 2.29. The number of hydrogen-bond acceptors (Lipinski definition) is 6. The summed E-state index contributed by atoms with van der Waals surface area (Å²) in [5.74, 6) is -2.82. The van der Waals surface area contributed by atoms with Crippen LogP contribution in [-0.4, -0.2) is 53.0 Å². The van der Waals surface area contributed by atoms with Gasteiger partial charge in [0.15, 0.2) is 0 Å². The highest BCUT2D eigenvalue weighted by Gasteiger charge is 2.42. The minimum atomic E-state index is -4.92. The number of rotatable bonds is 8. The monoisotopic (exact) mass is 518 g/mol. The molecule has 1 aromatic carbocycles. The standard InChI is InChI=1S/C22H20F6N4O4/c1-21(35,11-23)17(18(24)25)30-19(33)15-9-16(12-4-6-14(7-5-12)36-22(26,27)28)31-32(20(15)34)13-3-2-8-29-10-13/h2-10,16-18,31,35H,11H2,1H3,(H,30,33). The van der Waals surface area contributed by atoms with E-state index in [1.165, 1.54) is 36.7 Å². The van der Waals surface area contributed by atoms with E-state index < -0.39 is 60.3 Å². The van der Waals surface area contributed by atoms with Crippen molar-refractivity contribution >= 4 is 17.5 Å². The van der Waals surface area contributed by atoms with Crippen LogP contribution >= 0.6 is 0 Å². The number of benzene rings is 1. The van der Waals surface area contributed by atoms with Crippen LogP contribution in [0.3, 0.4) is 0 Å². The van der Waals surface area contributed by atoms with E-state index in [9.17, 15) is 41.0 Å². The van der Waals surface area contributed by atoms with Gasteiger partial charge in [0.2, 0.25) is 0 Å². The average molecular weight is 518 g/mol. The third kappa shape index (κ3) is 6.31. The first-order chi connectivity index (χ1) is 16.8. The van der Waals surface area contributed by atoms with Gasteiger partial charge in [-0.3, -0.25) is 14.6 Å². The number of nitrogens with one attached hydrogen (secondary N) is 2. The maximum absolute atomic E-state index is 13.5. The number of aromatic nitrogens is 1. The number of carbonyl (C=O) groups is 2. The van der Waals surface area contributed by atoms with E-state index in [0.29, 0.717) is 0 Å². The van der Waals surface area contributed by atoms with Gasteiger partial charge in [0.1, 0.15) is 29.6 Å². The first kappa shape index (κ1) is 26.9. The van der Waals surface area contributed by atoms with Crippen molar-refractivity contribution in [3.63, 3.8) is 0 Å². The summed E-state index contributed by atoms with van der Waals surface area (Å²) in [6, 6.07) is 4.06. The lowest BCUT2D eigenvalue weighted by Crippen LogP contribution is -2.58. The Morgan fingerprint density at radius 3 is 2.44 bits per heavy atom. The molecule has 14 heteroatoms. The predicted octanol–water partition coefficient (Wildman–Crippen LogP) is 2.97. The molecule has 3 rings (SSSR count). The van der Waals surface area contributed by atoms with Crippen LogP contribution in [0.4, 0.5) is 32.0 Å². The van der Waals surface area contributed by atoms with Crippen LogP contribution in [-0.2, 0) is 9.59 Å². The number of anilines is 1. The first-order valence-corrected chi connectivity index (χ1v) is 10.3. The summed E-state index contributed by atoms with van der Waals surface area (Å²) in [6.45, 7) is -0.842. The zero-order chi connectivity index (χ0) is 26.7. The molecule has 2 heterocycles. The topological polar surface area (TPSA) is 104 Å². The Bertz CT molecular complexity index is 1110. The Kier molecular flexibility index (Phi) is 7.89. The molecule has 8 nitrogen and oxygen atoms in total. The number of carbonyl (C=O) groups excluding carboxylic acids is 2. The number of alkyl halides is 6. The highest BCUT2D eigenvalue weighted by molar-refractivity contribution is 6.24. The molecule has 1 aliphatic heterocycles. The minimum Gasteiger partial charge on any atom is -0.406 e.